The molecule has 0 aliphatic rings. The summed E-state index contributed by atoms with van der Waals surface area (Å²) < 4.78 is 0. The van der Waals surface area contributed by atoms with Crippen LogP contribution in [0, 0.1) is 13.8 Å². The number of hydrogen-bond acceptors (Lipinski definition) is 1. The van der Waals surface area contributed by atoms with Gasteiger partial charge in [0.25, 0.3) is 0 Å². The lowest BCUT2D eigenvalue weighted by Gasteiger charge is -2.06. The molecule has 0 heterocycles. The molecule has 0 atom stereocenters. The third-order valence-electron chi connectivity index (χ3n) is 2.62. The van der Waals surface area contributed by atoms with E-state index in [0.717, 1.165) is 6.42 Å². The Morgan fingerprint density at radius 1 is 1.18 bits per heavy atom. The third-order valence-corrected chi connectivity index (χ3v) is 2.62. The second-order valence-corrected chi connectivity index (χ2v) is 3.89. The van der Waals surface area contributed by atoms with E-state index in [9.17, 15) is 0 Å². The molecular weight excluding hydrogens is 214 g/mol. The summed E-state index contributed by atoms with van der Waals surface area (Å²) in [4.78, 5) is 7.73. The van der Waals surface area contributed by atoms with E-state index < -0.39 is 0 Å². The summed E-state index contributed by atoms with van der Waals surface area (Å²) in [6.45, 7) is 4.77. The zero-order valence-electron chi connectivity index (χ0n) is 10.3. The molecule has 5 heteroatoms. The van der Waals surface area contributed by atoms with E-state index >= 15 is 0 Å². The lowest BCUT2D eigenvalue weighted by Crippen LogP contribution is -2.26. The molecule has 0 saturated carbocycles. The van der Waals surface area contributed by atoms with Crippen molar-refractivity contribution in [3.63, 3.8) is 0 Å². The zero-order chi connectivity index (χ0) is 12.8. The van der Waals surface area contributed by atoms with Gasteiger partial charge in [0.05, 0.1) is 0 Å². The van der Waals surface area contributed by atoms with E-state index in [1.54, 1.807) is 0 Å². The van der Waals surface area contributed by atoms with Gasteiger partial charge >= 0.3 is 0 Å². The second kappa shape index (κ2) is 5.89. The standard InChI is InChI=1S/C12H19N5/c1-8-4-3-5-10(9(8)2)6-7-16-12(15)17-11(13)14/h3-5H,6-7H2,1-2H3,(H6,13,14,15,16,17). The molecule has 0 radical (unpaired) electrons. The normalized spacial score (nSPS) is 11.3. The molecule has 17 heavy (non-hydrogen) atoms. The van der Waals surface area contributed by atoms with Crippen LogP contribution in [0.1, 0.15) is 16.7 Å². The summed E-state index contributed by atoms with van der Waals surface area (Å²) in [5.74, 6) is 0.0493. The molecule has 0 spiro atoms. The Kier molecular flexibility index (Phi) is 4.51. The lowest BCUT2D eigenvalue weighted by atomic mass is 10.0. The molecule has 0 amide bonds. The highest BCUT2D eigenvalue weighted by atomic mass is 15.1. The van der Waals surface area contributed by atoms with Gasteiger partial charge in [0, 0.05) is 6.54 Å². The van der Waals surface area contributed by atoms with Crippen molar-refractivity contribution in [1.29, 1.82) is 0 Å². The first kappa shape index (κ1) is 13.0. The number of guanidine groups is 2. The molecule has 5 nitrogen and oxygen atoms in total. The molecular formula is C12H19N5. The number of nitrogens with two attached hydrogens (primary N) is 3. The molecule has 0 aromatic heterocycles. The average molecular weight is 233 g/mol. The molecule has 0 aliphatic heterocycles. The smallest absolute Gasteiger partial charge is 0.218 e. The maximum Gasteiger partial charge on any atom is 0.218 e. The van der Waals surface area contributed by atoms with E-state index in [1.165, 1.54) is 16.7 Å². The predicted octanol–water partition coefficient (Wildman–Crippen LogP) is 0.434. The summed E-state index contributed by atoms with van der Waals surface area (Å²) in [7, 11) is 0. The Morgan fingerprint density at radius 3 is 2.53 bits per heavy atom. The van der Waals surface area contributed by atoms with Gasteiger partial charge in [-0.2, -0.15) is 4.99 Å². The molecule has 0 bridgehead atoms. The quantitative estimate of drug-likeness (QED) is 0.521. The van der Waals surface area contributed by atoms with E-state index in [4.69, 9.17) is 17.2 Å². The van der Waals surface area contributed by atoms with Gasteiger partial charge in [0.1, 0.15) is 0 Å². The van der Waals surface area contributed by atoms with E-state index in [0.29, 0.717) is 6.54 Å². The molecule has 0 aliphatic carbocycles. The maximum atomic E-state index is 5.51. The fraction of sp³-hybridized carbons (Fsp3) is 0.333. The minimum Gasteiger partial charge on any atom is -0.370 e. The van der Waals surface area contributed by atoms with Gasteiger partial charge in [0.2, 0.25) is 5.96 Å². The average Bonchev–Trinajstić information content (AvgIpc) is 2.23. The van der Waals surface area contributed by atoms with Crippen LogP contribution in [0.25, 0.3) is 0 Å². The van der Waals surface area contributed by atoms with Gasteiger partial charge in [-0.05, 0) is 37.0 Å². The van der Waals surface area contributed by atoms with Gasteiger partial charge < -0.3 is 17.2 Å². The van der Waals surface area contributed by atoms with E-state index in [1.807, 2.05) is 6.07 Å². The lowest BCUT2D eigenvalue weighted by molar-refractivity contribution is 0.948. The summed E-state index contributed by atoms with van der Waals surface area (Å²) in [6.07, 6.45) is 0.828. The zero-order valence-corrected chi connectivity index (χ0v) is 10.3. The van der Waals surface area contributed by atoms with Crippen molar-refractivity contribution in [1.82, 2.24) is 0 Å². The first-order chi connectivity index (χ1) is 8.00. The van der Waals surface area contributed by atoms with Crippen molar-refractivity contribution < 1.29 is 0 Å². The molecule has 1 aromatic rings. The first-order valence-electron chi connectivity index (χ1n) is 5.45. The van der Waals surface area contributed by atoms with Crippen LogP contribution in [0.2, 0.25) is 0 Å². The monoisotopic (exact) mass is 233 g/mol. The highest BCUT2D eigenvalue weighted by Gasteiger charge is 1.99. The molecule has 92 valence electrons. The summed E-state index contributed by atoms with van der Waals surface area (Å²) in [6, 6.07) is 6.23. The number of hydrogen-bond donors (Lipinski definition) is 3. The van der Waals surface area contributed by atoms with Crippen molar-refractivity contribution in [2.45, 2.75) is 20.3 Å². The molecule has 1 rings (SSSR count). The number of benzene rings is 1. The van der Waals surface area contributed by atoms with Gasteiger partial charge in [0.15, 0.2) is 5.96 Å². The van der Waals surface area contributed by atoms with Crippen LogP contribution in [0.3, 0.4) is 0 Å². The fourth-order valence-electron chi connectivity index (χ4n) is 1.54. The highest BCUT2D eigenvalue weighted by Crippen LogP contribution is 2.13. The highest BCUT2D eigenvalue weighted by molar-refractivity contribution is 5.92. The van der Waals surface area contributed by atoms with Crippen LogP contribution >= 0.6 is 0 Å². The van der Waals surface area contributed by atoms with Crippen molar-refractivity contribution in [2.75, 3.05) is 6.54 Å². The number of nitrogens with zero attached hydrogens (tertiary/aromatic N) is 2. The van der Waals surface area contributed by atoms with Crippen LogP contribution in [0.5, 0.6) is 0 Å². The molecule has 0 fully saturated rings. The Bertz CT molecular complexity index is 444. The van der Waals surface area contributed by atoms with Crippen LogP contribution in [0.15, 0.2) is 28.2 Å². The van der Waals surface area contributed by atoms with Gasteiger partial charge in [-0.3, -0.25) is 4.99 Å². The van der Waals surface area contributed by atoms with E-state index in [-0.39, 0.29) is 11.9 Å². The van der Waals surface area contributed by atoms with Gasteiger partial charge in [-0.25, -0.2) is 0 Å². The second-order valence-electron chi connectivity index (χ2n) is 3.89. The minimum absolute atomic E-state index is 0.0713. The third kappa shape index (κ3) is 4.14. The van der Waals surface area contributed by atoms with Crippen LogP contribution in [0.4, 0.5) is 0 Å². The van der Waals surface area contributed by atoms with Crippen LogP contribution in [-0.2, 0) is 6.42 Å². The van der Waals surface area contributed by atoms with Gasteiger partial charge in [-0.1, -0.05) is 18.2 Å². The van der Waals surface area contributed by atoms with Crippen molar-refractivity contribution >= 4 is 11.9 Å². The number of aryl methyl sites for hydroxylation is 1. The van der Waals surface area contributed by atoms with Crippen molar-refractivity contribution in [3.05, 3.63) is 34.9 Å². The van der Waals surface area contributed by atoms with Crippen molar-refractivity contribution in [2.24, 2.45) is 27.2 Å². The predicted molar refractivity (Wildman–Crippen MR) is 71.9 cm³/mol. The fourth-order valence-corrected chi connectivity index (χ4v) is 1.54. The Hall–Kier alpha value is -2.04. The Labute approximate surface area is 101 Å². The maximum absolute atomic E-state index is 5.51. The molecule has 0 saturated heterocycles. The Balaban J connectivity index is 2.63. The molecule has 1 aromatic carbocycles. The molecule has 0 unspecified atom stereocenters. The van der Waals surface area contributed by atoms with Crippen LogP contribution in [-0.4, -0.2) is 18.5 Å². The largest absolute Gasteiger partial charge is 0.370 e. The summed E-state index contributed by atoms with van der Waals surface area (Å²) >= 11 is 0. The minimum atomic E-state index is -0.0713. The summed E-state index contributed by atoms with van der Waals surface area (Å²) in [5.41, 5.74) is 19.7. The topological polar surface area (TPSA) is 103 Å². The first-order valence-corrected chi connectivity index (χ1v) is 5.45. The van der Waals surface area contributed by atoms with Crippen molar-refractivity contribution in [3.8, 4) is 0 Å². The molecule has 6 N–H and O–H groups in total. The van der Waals surface area contributed by atoms with Crippen LogP contribution < -0.4 is 17.2 Å². The number of aliphatic imine (C=N–C) groups is 2. The number of rotatable bonds is 3. The Morgan fingerprint density at radius 2 is 1.88 bits per heavy atom. The SMILES string of the molecule is Cc1cccc(CCN=C(N)N=C(N)N)c1C. The van der Waals surface area contributed by atoms with Gasteiger partial charge in [-0.15, -0.1) is 0 Å². The summed E-state index contributed by atoms with van der Waals surface area (Å²) in [5, 5.41) is 0. The van der Waals surface area contributed by atoms with E-state index in [2.05, 4.69) is 36.0 Å².